The maximum atomic E-state index is 12.7. The summed E-state index contributed by atoms with van der Waals surface area (Å²) in [5.74, 6) is -1.69. The van der Waals surface area contributed by atoms with E-state index in [0.717, 1.165) is 5.69 Å². The number of rotatable bonds is 6. The number of anilines is 1. The van der Waals surface area contributed by atoms with Crippen molar-refractivity contribution in [3.8, 4) is 0 Å². The van der Waals surface area contributed by atoms with Crippen LogP contribution in [0.25, 0.3) is 0 Å². The second-order valence-electron chi connectivity index (χ2n) is 4.36. The van der Waals surface area contributed by atoms with Crippen molar-refractivity contribution in [2.45, 2.75) is 12.1 Å². The number of benzene rings is 1. The molecule has 1 aliphatic rings. The lowest BCUT2D eigenvalue weighted by Crippen LogP contribution is -2.46. The van der Waals surface area contributed by atoms with Crippen LogP contribution >= 0.6 is 0 Å². The van der Waals surface area contributed by atoms with Crippen LogP contribution in [0, 0.1) is 0 Å². The minimum Gasteiger partial charge on any atom is -0.354 e. The van der Waals surface area contributed by atoms with Gasteiger partial charge in [-0.25, -0.2) is 0 Å². The topological polar surface area (TPSA) is 57.2 Å². The highest BCUT2D eigenvalue weighted by molar-refractivity contribution is 6.06. The van der Waals surface area contributed by atoms with Crippen LogP contribution in [0.15, 0.2) is 24.3 Å². The highest BCUT2D eigenvalue weighted by atomic mass is 16.7. The van der Waals surface area contributed by atoms with Gasteiger partial charge in [-0.2, -0.15) is 0 Å². The lowest BCUT2D eigenvalue weighted by atomic mass is 10.1. The van der Waals surface area contributed by atoms with Gasteiger partial charge in [-0.15, -0.1) is 0 Å². The Kier molecular flexibility index (Phi) is 4.39. The van der Waals surface area contributed by atoms with E-state index >= 15 is 0 Å². The number of fused-ring (bicyclic) bond motifs is 1. The number of ether oxygens (including phenoxy) is 4. The number of methoxy groups -OCH3 is 4. The first kappa shape index (κ1) is 14.9. The molecule has 2 rings (SSSR count). The average molecular weight is 281 g/mol. The Bertz CT molecular complexity index is 482. The lowest BCUT2D eigenvalue weighted by Gasteiger charge is -2.26. The molecule has 1 aliphatic heterocycles. The van der Waals surface area contributed by atoms with E-state index in [0.29, 0.717) is 5.56 Å². The fraction of sp³-hybridized carbons (Fsp3) is 0.500. The van der Waals surface area contributed by atoms with Crippen molar-refractivity contribution in [1.82, 2.24) is 0 Å². The Morgan fingerprint density at radius 2 is 1.70 bits per heavy atom. The zero-order valence-electron chi connectivity index (χ0n) is 12.1. The normalized spacial score (nSPS) is 16.9. The van der Waals surface area contributed by atoms with Crippen molar-refractivity contribution >= 4 is 11.6 Å². The van der Waals surface area contributed by atoms with Gasteiger partial charge in [-0.05, 0) is 6.07 Å². The standard InChI is InChI=1S/C14H19NO5/c1-17-12(18-2)9-15-11-8-6-5-7-10(11)14(19-3,20-4)13(15)16/h5-8,12H,9H2,1-4H3. The van der Waals surface area contributed by atoms with Gasteiger partial charge in [0.25, 0.3) is 11.7 Å². The predicted octanol–water partition coefficient (Wildman–Crippen LogP) is 1.10. The molecule has 0 saturated heterocycles. The molecular formula is C14H19NO5. The van der Waals surface area contributed by atoms with Crippen molar-refractivity contribution in [1.29, 1.82) is 0 Å². The van der Waals surface area contributed by atoms with Crippen LogP contribution in [0.5, 0.6) is 0 Å². The summed E-state index contributed by atoms with van der Waals surface area (Å²) in [6.45, 7) is 0.261. The third-order valence-corrected chi connectivity index (χ3v) is 3.51. The van der Waals surface area contributed by atoms with E-state index in [2.05, 4.69) is 0 Å². The molecule has 0 atom stereocenters. The van der Waals surface area contributed by atoms with Crippen molar-refractivity contribution in [2.24, 2.45) is 0 Å². The molecule has 1 amide bonds. The van der Waals surface area contributed by atoms with Gasteiger partial charge in [0, 0.05) is 34.0 Å². The summed E-state index contributed by atoms with van der Waals surface area (Å²) < 4.78 is 21.1. The number of nitrogens with zero attached hydrogens (tertiary/aromatic N) is 1. The first-order valence-electron chi connectivity index (χ1n) is 6.22. The SMILES string of the molecule is COC(CN1C(=O)C(OC)(OC)c2ccccc21)OC. The van der Waals surface area contributed by atoms with E-state index in [-0.39, 0.29) is 12.5 Å². The number of carbonyl (C=O) groups excluding carboxylic acids is 1. The molecule has 1 aromatic rings. The van der Waals surface area contributed by atoms with E-state index in [1.165, 1.54) is 28.4 Å². The highest BCUT2D eigenvalue weighted by Gasteiger charge is 2.52. The molecule has 0 aromatic heterocycles. The molecule has 6 heteroatoms. The van der Waals surface area contributed by atoms with E-state index in [1.807, 2.05) is 24.3 Å². The minimum absolute atomic E-state index is 0.261. The largest absolute Gasteiger partial charge is 0.354 e. The molecular weight excluding hydrogens is 262 g/mol. The Morgan fingerprint density at radius 3 is 2.25 bits per heavy atom. The van der Waals surface area contributed by atoms with E-state index in [1.54, 1.807) is 4.90 Å². The number of para-hydroxylation sites is 1. The number of hydrogen-bond acceptors (Lipinski definition) is 5. The number of carbonyl (C=O) groups is 1. The zero-order valence-corrected chi connectivity index (χ0v) is 12.1. The highest BCUT2D eigenvalue weighted by Crippen LogP contribution is 2.42. The summed E-state index contributed by atoms with van der Waals surface area (Å²) in [4.78, 5) is 14.2. The summed E-state index contributed by atoms with van der Waals surface area (Å²) in [5, 5.41) is 0. The van der Waals surface area contributed by atoms with Crippen LogP contribution in [0.1, 0.15) is 5.56 Å². The van der Waals surface area contributed by atoms with Crippen molar-refractivity contribution in [3.63, 3.8) is 0 Å². The lowest BCUT2D eigenvalue weighted by molar-refractivity contribution is -0.209. The first-order valence-corrected chi connectivity index (χ1v) is 6.22. The predicted molar refractivity (Wildman–Crippen MR) is 72.3 cm³/mol. The molecule has 110 valence electrons. The molecule has 0 aliphatic carbocycles. The van der Waals surface area contributed by atoms with Crippen molar-refractivity contribution in [3.05, 3.63) is 29.8 Å². The average Bonchev–Trinajstić information content (AvgIpc) is 2.73. The summed E-state index contributed by atoms with van der Waals surface area (Å²) in [6, 6.07) is 7.35. The molecule has 0 saturated carbocycles. The summed E-state index contributed by atoms with van der Waals surface area (Å²) in [7, 11) is 5.96. The summed E-state index contributed by atoms with van der Waals surface area (Å²) in [6.07, 6.45) is -0.517. The van der Waals surface area contributed by atoms with Crippen LogP contribution in [-0.2, 0) is 29.5 Å². The molecule has 0 N–H and O–H groups in total. The molecule has 0 spiro atoms. The molecule has 0 unspecified atom stereocenters. The zero-order chi connectivity index (χ0) is 14.8. The van der Waals surface area contributed by atoms with Gasteiger partial charge in [0.05, 0.1) is 12.2 Å². The summed E-state index contributed by atoms with van der Waals surface area (Å²) >= 11 is 0. The van der Waals surface area contributed by atoms with Crippen LogP contribution < -0.4 is 4.90 Å². The Morgan fingerprint density at radius 1 is 1.10 bits per heavy atom. The van der Waals surface area contributed by atoms with Gasteiger partial charge in [-0.1, -0.05) is 18.2 Å². The molecule has 1 aromatic carbocycles. The van der Waals surface area contributed by atoms with Gasteiger partial charge >= 0.3 is 0 Å². The quantitative estimate of drug-likeness (QED) is 0.731. The van der Waals surface area contributed by atoms with Gasteiger partial charge in [0.15, 0.2) is 6.29 Å². The summed E-state index contributed by atoms with van der Waals surface area (Å²) in [5.41, 5.74) is 1.42. The minimum atomic E-state index is -1.40. The van der Waals surface area contributed by atoms with Crippen molar-refractivity contribution < 1.29 is 23.7 Å². The van der Waals surface area contributed by atoms with E-state index in [9.17, 15) is 4.79 Å². The molecule has 0 fully saturated rings. The molecule has 0 bridgehead atoms. The van der Waals surface area contributed by atoms with Crippen LogP contribution in [0.3, 0.4) is 0 Å². The third kappa shape index (κ3) is 2.10. The Balaban J connectivity index is 2.43. The van der Waals surface area contributed by atoms with E-state index in [4.69, 9.17) is 18.9 Å². The number of amides is 1. The molecule has 0 radical (unpaired) electrons. The first-order chi connectivity index (χ1) is 9.64. The van der Waals surface area contributed by atoms with E-state index < -0.39 is 12.1 Å². The second kappa shape index (κ2) is 5.88. The molecule has 20 heavy (non-hydrogen) atoms. The van der Waals surface area contributed by atoms with Gasteiger partial charge in [-0.3, -0.25) is 4.79 Å². The van der Waals surface area contributed by atoms with Crippen molar-refractivity contribution in [2.75, 3.05) is 39.9 Å². The maximum Gasteiger partial charge on any atom is 0.292 e. The van der Waals surface area contributed by atoms with Crippen LogP contribution in [0.2, 0.25) is 0 Å². The maximum absolute atomic E-state index is 12.7. The van der Waals surface area contributed by atoms with Gasteiger partial charge < -0.3 is 23.8 Å². The molecule has 1 heterocycles. The van der Waals surface area contributed by atoms with Gasteiger partial charge in [0.1, 0.15) is 0 Å². The van der Waals surface area contributed by atoms with Crippen LogP contribution in [-0.4, -0.2) is 47.2 Å². The fourth-order valence-electron chi connectivity index (χ4n) is 2.44. The smallest absolute Gasteiger partial charge is 0.292 e. The van der Waals surface area contributed by atoms with Gasteiger partial charge in [0.2, 0.25) is 0 Å². The second-order valence-corrected chi connectivity index (χ2v) is 4.36. The Labute approximate surface area is 118 Å². The third-order valence-electron chi connectivity index (χ3n) is 3.51. The Hall–Kier alpha value is -1.47. The number of hydrogen-bond donors (Lipinski definition) is 0. The fourth-order valence-corrected chi connectivity index (χ4v) is 2.44. The molecule has 6 nitrogen and oxygen atoms in total. The monoisotopic (exact) mass is 281 g/mol. The van der Waals surface area contributed by atoms with Crippen LogP contribution in [0.4, 0.5) is 5.69 Å².